The summed E-state index contributed by atoms with van der Waals surface area (Å²) in [6, 6.07) is 4.17. The summed E-state index contributed by atoms with van der Waals surface area (Å²) in [6.45, 7) is 1.63. The van der Waals surface area contributed by atoms with E-state index in [0.29, 0.717) is 6.04 Å². The van der Waals surface area contributed by atoms with E-state index in [0.717, 1.165) is 37.6 Å². The van der Waals surface area contributed by atoms with Gasteiger partial charge in [0.05, 0.1) is 5.69 Å². The SMILES string of the molecule is ClNc1cccnc1NC1CCOCC1. The third-order valence-corrected chi connectivity index (χ3v) is 2.68. The summed E-state index contributed by atoms with van der Waals surface area (Å²) in [6.07, 6.45) is 3.77. The van der Waals surface area contributed by atoms with E-state index in [1.807, 2.05) is 12.1 Å². The molecule has 82 valence electrons. The first-order valence-electron chi connectivity index (χ1n) is 5.06. The largest absolute Gasteiger partial charge is 0.381 e. The fourth-order valence-corrected chi connectivity index (χ4v) is 1.78. The lowest BCUT2D eigenvalue weighted by Gasteiger charge is -2.24. The molecule has 0 bridgehead atoms. The van der Waals surface area contributed by atoms with Gasteiger partial charge in [0.1, 0.15) is 0 Å². The summed E-state index contributed by atoms with van der Waals surface area (Å²) >= 11 is 5.60. The predicted octanol–water partition coefficient (Wildman–Crippen LogP) is 2.24. The Labute approximate surface area is 94.1 Å². The maximum absolute atomic E-state index is 5.60. The van der Waals surface area contributed by atoms with Gasteiger partial charge < -0.3 is 10.1 Å². The lowest BCUT2D eigenvalue weighted by molar-refractivity contribution is 0.0904. The Kier molecular flexibility index (Phi) is 3.64. The number of halogens is 1. The van der Waals surface area contributed by atoms with Crippen LogP contribution in [0.15, 0.2) is 18.3 Å². The number of nitrogens with zero attached hydrogens (tertiary/aromatic N) is 1. The zero-order valence-corrected chi connectivity index (χ0v) is 9.13. The highest BCUT2D eigenvalue weighted by Crippen LogP contribution is 2.21. The minimum atomic E-state index is 0.428. The van der Waals surface area contributed by atoms with Crippen LogP contribution in [0.1, 0.15) is 12.8 Å². The van der Waals surface area contributed by atoms with Crippen molar-refractivity contribution in [1.29, 1.82) is 0 Å². The fourth-order valence-electron chi connectivity index (χ4n) is 1.63. The molecule has 1 aromatic heterocycles. The molecule has 0 atom stereocenters. The van der Waals surface area contributed by atoms with Crippen LogP contribution in [-0.4, -0.2) is 24.2 Å². The van der Waals surface area contributed by atoms with Crippen molar-refractivity contribution < 1.29 is 4.74 Å². The van der Waals surface area contributed by atoms with Gasteiger partial charge in [0.2, 0.25) is 0 Å². The second-order valence-corrected chi connectivity index (χ2v) is 3.71. The van der Waals surface area contributed by atoms with Gasteiger partial charge in [-0.15, -0.1) is 0 Å². The number of rotatable bonds is 3. The molecule has 2 N–H and O–H groups in total. The highest BCUT2D eigenvalue weighted by Gasteiger charge is 2.14. The Morgan fingerprint density at radius 2 is 2.20 bits per heavy atom. The molecule has 0 aliphatic carbocycles. The molecule has 1 aliphatic rings. The molecule has 0 aromatic carbocycles. The van der Waals surface area contributed by atoms with Crippen molar-refractivity contribution in [1.82, 2.24) is 4.98 Å². The fraction of sp³-hybridized carbons (Fsp3) is 0.500. The Morgan fingerprint density at radius 1 is 1.40 bits per heavy atom. The van der Waals surface area contributed by atoms with Crippen molar-refractivity contribution in [2.45, 2.75) is 18.9 Å². The quantitative estimate of drug-likeness (QED) is 0.778. The molecule has 0 spiro atoms. The Morgan fingerprint density at radius 3 is 2.93 bits per heavy atom. The van der Waals surface area contributed by atoms with E-state index in [2.05, 4.69) is 15.1 Å². The van der Waals surface area contributed by atoms with Gasteiger partial charge in [0.25, 0.3) is 0 Å². The van der Waals surface area contributed by atoms with E-state index in [1.165, 1.54) is 0 Å². The molecule has 0 amide bonds. The number of hydrogen-bond donors (Lipinski definition) is 2. The maximum Gasteiger partial charge on any atom is 0.150 e. The highest BCUT2D eigenvalue weighted by molar-refractivity contribution is 6.24. The van der Waals surface area contributed by atoms with Crippen LogP contribution in [-0.2, 0) is 4.74 Å². The summed E-state index contributed by atoms with van der Waals surface area (Å²) in [5, 5.41) is 3.36. The van der Waals surface area contributed by atoms with E-state index in [9.17, 15) is 0 Å². The van der Waals surface area contributed by atoms with Crippen LogP contribution in [0.3, 0.4) is 0 Å². The lowest BCUT2D eigenvalue weighted by atomic mass is 10.1. The van der Waals surface area contributed by atoms with Crippen LogP contribution in [0, 0.1) is 0 Å². The molecule has 1 saturated heterocycles. The first-order valence-corrected chi connectivity index (χ1v) is 5.44. The Bertz CT molecular complexity index is 315. The first kappa shape index (κ1) is 10.5. The molecule has 0 radical (unpaired) electrons. The van der Waals surface area contributed by atoms with Gasteiger partial charge >= 0.3 is 0 Å². The van der Waals surface area contributed by atoms with E-state index in [-0.39, 0.29) is 0 Å². The molecule has 1 fully saturated rings. The summed E-state index contributed by atoms with van der Waals surface area (Å²) < 4.78 is 5.29. The van der Waals surface area contributed by atoms with Gasteiger partial charge in [0, 0.05) is 37.2 Å². The topological polar surface area (TPSA) is 46.2 Å². The second kappa shape index (κ2) is 5.19. The Balaban J connectivity index is 2.02. The standard InChI is InChI=1S/C10H14ClN3O/c11-14-9-2-1-5-12-10(9)13-8-3-6-15-7-4-8/h1-2,5,8,14H,3-4,6-7H2,(H,12,13). The number of aromatic nitrogens is 1. The normalized spacial score (nSPS) is 17.4. The summed E-state index contributed by atoms with van der Waals surface area (Å²) in [5.74, 6) is 0.805. The van der Waals surface area contributed by atoms with Crippen molar-refractivity contribution >= 4 is 23.3 Å². The first-order chi connectivity index (χ1) is 7.40. The average molecular weight is 228 g/mol. The monoisotopic (exact) mass is 227 g/mol. The molecule has 2 rings (SSSR count). The van der Waals surface area contributed by atoms with Crippen LogP contribution < -0.4 is 10.2 Å². The zero-order chi connectivity index (χ0) is 10.5. The number of anilines is 2. The average Bonchev–Trinajstić information content (AvgIpc) is 2.31. The molecule has 5 heteroatoms. The zero-order valence-electron chi connectivity index (χ0n) is 8.37. The molecular formula is C10H14ClN3O. The van der Waals surface area contributed by atoms with Crippen LogP contribution >= 0.6 is 11.8 Å². The van der Waals surface area contributed by atoms with Crippen LogP contribution in [0.5, 0.6) is 0 Å². The second-order valence-electron chi connectivity index (χ2n) is 3.53. The van der Waals surface area contributed by atoms with Crippen LogP contribution in [0.4, 0.5) is 11.5 Å². The molecule has 2 heterocycles. The third-order valence-electron chi connectivity index (χ3n) is 2.47. The van der Waals surface area contributed by atoms with E-state index in [4.69, 9.17) is 16.5 Å². The lowest BCUT2D eigenvalue weighted by Crippen LogP contribution is -2.28. The summed E-state index contributed by atoms with van der Waals surface area (Å²) in [4.78, 5) is 6.85. The number of hydrogen-bond acceptors (Lipinski definition) is 4. The highest BCUT2D eigenvalue weighted by atomic mass is 35.5. The molecule has 1 aromatic rings. The maximum atomic E-state index is 5.60. The van der Waals surface area contributed by atoms with E-state index in [1.54, 1.807) is 6.20 Å². The van der Waals surface area contributed by atoms with Gasteiger partial charge in [-0.1, -0.05) is 0 Å². The molecule has 1 aliphatic heterocycles. The van der Waals surface area contributed by atoms with Crippen molar-refractivity contribution in [3.8, 4) is 0 Å². The number of ether oxygens (including phenoxy) is 1. The van der Waals surface area contributed by atoms with Gasteiger partial charge in [0.15, 0.2) is 5.82 Å². The molecule has 0 saturated carbocycles. The molecule has 4 nitrogen and oxygen atoms in total. The van der Waals surface area contributed by atoms with Gasteiger partial charge in [-0.2, -0.15) is 0 Å². The van der Waals surface area contributed by atoms with Gasteiger partial charge in [-0.25, -0.2) is 4.98 Å². The van der Waals surface area contributed by atoms with E-state index >= 15 is 0 Å². The molecule has 15 heavy (non-hydrogen) atoms. The van der Waals surface area contributed by atoms with Crippen molar-refractivity contribution in [2.24, 2.45) is 0 Å². The van der Waals surface area contributed by atoms with Gasteiger partial charge in [-0.3, -0.25) is 4.84 Å². The number of nitrogens with one attached hydrogen (secondary N) is 2. The van der Waals surface area contributed by atoms with Crippen molar-refractivity contribution in [3.05, 3.63) is 18.3 Å². The molecule has 0 unspecified atom stereocenters. The van der Waals surface area contributed by atoms with Crippen molar-refractivity contribution in [3.63, 3.8) is 0 Å². The van der Waals surface area contributed by atoms with Crippen molar-refractivity contribution in [2.75, 3.05) is 23.4 Å². The van der Waals surface area contributed by atoms with Crippen LogP contribution in [0.25, 0.3) is 0 Å². The smallest absolute Gasteiger partial charge is 0.150 e. The van der Waals surface area contributed by atoms with Gasteiger partial charge in [-0.05, 0) is 25.0 Å². The third kappa shape index (κ3) is 2.73. The van der Waals surface area contributed by atoms with Crippen LogP contribution in [0.2, 0.25) is 0 Å². The minimum Gasteiger partial charge on any atom is -0.381 e. The van der Waals surface area contributed by atoms with E-state index < -0.39 is 0 Å². The Hall–Kier alpha value is -1.00. The summed E-state index contributed by atoms with van der Waals surface area (Å²) in [7, 11) is 0. The molecular weight excluding hydrogens is 214 g/mol. The predicted molar refractivity (Wildman–Crippen MR) is 61.2 cm³/mol. The minimum absolute atomic E-state index is 0.428. The summed E-state index contributed by atoms with van der Waals surface area (Å²) in [5.41, 5.74) is 0.811. The number of pyridine rings is 1.